The Kier molecular flexibility index (Phi) is 10.1. The molecule has 0 bridgehead atoms. The van der Waals surface area contributed by atoms with Crippen LogP contribution in [0.5, 0.6) is 0 Å². The Hall–Kier alpha value is -9.50. The number of benzene rings is 12. The highest BCUT2D eigenvalue weighted by Gasteiger charge is 2.47. The summed E-state index contributed by atoms with van der Waals surface area (Å²) >= 11 is 0. The van der Waals surface area contributed by atoms with Crippen LogP contribution in [0.4, 0.5) is 17.1 Å². The first kappa shape index (κ1) is 42.4. The van der Waals surface area contributed by atoms with Gasteiger partial charge in [-0.3, -0.25) is 0 Å². The molecule has 0 saturated heterocycles. The highest BCUT2D eigenvalue weighted by molar-refractivity contribution is 6.19. The summed E-state index contributed by atoms with van der Waals surface area (Å²) in [6.07, 6.45) is 0. The van der Waals surface area contributed by atoms with Gasteiger partial charge in [0, 0.05) is 38.8 Å². The number of hydrogen-bond acceptors (Lipinski definition) is 1. The second-order valence-electron chi connectivity index (χ2n) is 19.2. The van der Waals surface area contributed by atoms with Crippen LogP contribution in [-0.2, 0) is 5.41 Å². The van der Waals surface area contributed by atoms with E-state index < -0.39 is 5.41 Å². The lowest BCUT2D eigenvalue weighted by Gasteiger charge is -2.34. The van der Waals surface area contributed by atoms with Gasteiger partial charge >= 0.3 is 0 Å². The molecule has 0 fully saturated rings. The Morgan fingerprint density at radius 2 is 0.808 bits per heavy atom. The molecule has 1 aliphatic rings. The summed E-state index contributed by atoms with van der Waals surface area (Å²) in [5.41, 5.74) is 21.0. The van der Waals surface area contributed by atoms with E-state index in [1.807, 2.05) is 0 Å². The fourth-order valence-corrected chi connectivity index (χ4v) is 12.0. The smallest absolute Gasteiger partial charge is 0.0714 e. The average molecular weight is 929 g/mol. The Labute approximate surface area is 426 Å². The van der Waals surface area contributed by atoms with Crippen molar-refractivity contribution in [3.05, 3.63) is 313 Å². The highest BCUT2D eigenvalue weighted by atomic mass is 15.1. The first-order valence-corrected chi connectivity index (χ1v) is 25.2. The number of fused-ring (bicyclic) bond motifs is 8. The third-order valence-corrected chi connectivity index (χ3v) is 15.3. The summed E-state index contributed by atoms with van der Waals surface area (Å²) in [6.45, 7) is 0. The molecule has 342 valence electrons. The van der Waals surface area contributed by atoms with Crippen LogP contribution in [0.15, 0.2) is 291 Å². The number of para-hydroxylation sites is 1. The van der Waals surface area contributed by atoms with Crippen molar-refractivity contribution in [3.63, 3.8) is 0 Å². The van der Waals surface area contributed by atoms with Crippen molar-refractivity contribution < 1.29 is 0 Å². The molecule has 0 saturated carbocycles. The summed E-state index contributed by atoms with van der Waals surface area (Å²) in [6, 6.07) is 107. The monoisotopic (exact) mass is 928 g/mol. The van der Waals surface area contributed by atoms with E-state index in [9.17, 15) is 0 Å². The largest absolute Gasteiger partial charge is 0.310 e. The molecule has 73 heavy (non-hydrogen) atoms. The lowest BCUT2D eigenvalue weighted by atomic mass is 9.68. The van der Waals surface area contributed by atoms with Gasteiger partial charge in [0.05, 0.1) is 22.1 Å². The summed E-state index contributed by atoms with van der Waals surface area (Å²) in [7, 11) is 0. The lowest BCUT2D eigenvalue weighted by Crippen LogP contribution is -2.28. The van der Waals surface area contributed by atoms with Crippen LogP contribution in [0.1, 0.15) is 22.3 Å². The first-order valence-electron chi connectivity index (χ1n) is 25.2. The molecule has 2 nitrogen and oxygen atoms in total. The molecule has 0 radical (unpaired) electrons. The van der Waals surface area contributed by atoms with Gasteiger partial charge in [0.15, 0.2) is 0 Å². The van der Waals surface area contributed by atoms with Gasteiger partial charge in [-0.15, -0.1) is 0 Å². The number of hydrogen-bond donors (Lipinski definition) is 0. The SMILES string of the molecule is c1ccc(-c2cccc(-c3ccc(N(c4ccc(-c5ccc6c7ccc8ccccc8c7n(-c7ccccc7)c6c5)cc4)c4cccc5c4-c4ccccc4C5(c4ccccc4)c4ccccc4)cc3)c2)cc1. The van der Waals surface area contributed by atoms with Crippen LogP contribution < -0.4 is 4.90 Å². The molecule has 1 heterocycles. The molecule has 13 aromatic rings. The average Bonchev–Trinajstić information content (AvgIpc) is 3.98. The van der Waals surface area contributed by atoms with E-state index in [2.05, 4.69) is 301 Å². The summed E-state index contributed by atoms with van der Waals surface area (Å²) in [5, 5.41) is 4.98. The molecule has 2 heteroatoms. The van der Waals surface area contributed by atoms with Crippen molar-refractivity contribution in [2.24, 2.45) is 0 Å². The molecule has 0 spiro atoms. The number of anilines is 3. The third kappa shape index (κ3) is 6.87. The van der Waals surface area contributed by atoms with Crippen LogP contribution in [0.2, 0.25) is 0 Å². The van der Waals surface area contributed by atoms with E-state index in [0.29, 0.717) is 0 Å². The quantitative estimate of drug-likeness (QED) is 0.140. The molecule has 0 atom stereocenters. The van der Waals surface area contributed by atoms with Crippen LogP contribution >= 0.6 is 0 Å². The maximum atomic E-state index is 2.47. The minimum Gasteiger partial charge on any atom is -0.310 e. The van der Waals surface area contributed by atoms with Crippen molar-refractivity contribution in [2.45, 2.75) is 5.41 Å². The fourth-order valence-electron chi connectivity index (χ4n) is 12.0. The fraction of sp³-hybridized carbons (Fsp3) is 0.0141. The van der Waals surface area contributed by atoms with Gasteiger partial charge in [-0.1, -0.05) is 237 Å². The van der Waals surface area contributed by atoms with Gasteiger partial charge in [0.25, 0.3) is 0 Å². The number of aromatic nitrogens is 1. The molecule has 14 rings (SSSR count). The van der Waals surface area contributed by atoms with E-state index in [4.69, 9.17) is 0 Å². The highest BCUT2D eigenvalue weighted by Crippen LogP contribution is 2.59. The van der Waals surface area contributed by atoms with Gasteiger partial charge < -0.3 is 9.47 Å². The number of rotatable bonds is 9. The van der Waals surface area contributed by atoms with Crippen molar-refractivity contribution in [1.82, 2.24) is 4.57 Å². The van der Waals surface area contributed by atoms with Crippen molar-refractivity contribution in [1.29, 1.82) is 0 Å². The molecule has 1 aliphatic carbocycles. The van der Waals surface area contributed by atoms with Crippen LogP contribution in [0, 0.1) is 0 Å². The predicted octanol–water partition coefficient (Wildman–Crippen LogP) is 18.8. The van der Waals surface area contributed by atoms with Gasteiger partial charge in [0.2, 0.25) is 0 Å². The predicted molar refractivity (Wildman–Crippen MR) is 307 cm³/mol. The van der Waals surface area contributed by atoms with E-state index in [1.54, 1.807) is 0 Å². The zero-order valence-corrected chi connectivity index (χ0v) is 40.1. The first-order chi connectivity index (χ1) is 36.2. The summed E-state index contributed by atoms with van der Waals surface area (Å²) < 4.78 is 2.45. The molecular weight excluding hydrogens is 881 g/mol. The molecule has 0 aliphatic heterocycles. The Morgan fingerprint density at radius 1 is 0.315 bits per heavy atom. The van der Waals surface area contributed by atoms with Gasteiger partial charge in [-0.25, -0.2) is 0 Å². The Balaban J connectivity index is 0.943. The van der Waals surface area contributed by atoms with E-state index in [0.717, 1.165) is 28.3 Å². The molecule has 0 N–H and O–H groups in total. The van der Waals surface area contributed by atoms with Crippen LogP contribution in [-0.4, -0.2) is 4.57 Å². The minimum atomic E-state index is -0.527. The van der Waals surface area contributed by atoms with Crippen molar-refractivity contribution >= 4 is 49.6 Å². The second-order valence-corrected chi connectivity index (χ2v) is 19.2. The van der Waals surface area contributed by atoms with Crippen molar-refractivity contribution in [2.75, 3.05) is 4.90 Å². The summed E-state index contributed by atoms with van der Waals surface area (Å²) in [4.78, 5) is 2.47. The third-order valence-electron chi connectivity index (χ3n) is 15.3. The Bertz CT molecular complexity index is 4120. The van der Waals surface area contributed by atoms with Gasteiger partial charge in [-0.05, 0) is 121 Å². The lowest BCUT2D eigenvalue weighted by molar-refractivity contribution is 0.768. The molecule has 1 aromatic heterocycles. The topological polar surface area (TPSA) is 8.17 Å². The van der Waals surface area contributed by atoms with E-state index in [-0.39, 0.29) is 0 Å². The van der Waals surface area contributed by atoms with Gasteiger partial charge in [-0.2, -0.15) is 0 Å². The number of nitrogens with zero attached hydrogens (tertiary/aromatic N) is 2. The maximum Gasteiger partial charge on any atom is 0.0714 e. The zero-order valence-electron chi connectivity index (χ0n) is 40.1. The Morgan fingerprint density at radius 3 is 1.48 bits per heavy atom. The van der Waals surface area contributed by atoms with E-state index in [1.165, 1.54) is 93.8 Å². The molecule has 0 amide bonds. The summed E-state index contributed by atoms with van der Waals surface area (Å²) in [5.74, 6) is 0. The normalized spacial score (nSPS) is 12.5. The van der Waals surface area contributed by atoms with Crippen molar-refractivity contribution in [3.8, 4) is 50.2 Å². The van der Waals surface area contributed by atoms with Crippen LogP contribution in [0.3, 0.4) is 0 Å². The maximum absolute atomic E-state index is 2.47. The minimum absolute atomic E-state index is 0.527. The molecule has 0 unspecified atom stereocenters. The van der Waals surface area contributed by atoms with Crippen LogP contribution in [0.25, 0.3) is 82.8 Å². The van der Waals surface area contributed by atoms with E-state index >= 15 is 0 Å². The standard InChI is InChI=1S/C71H48N2/c1-5-19-49(20-6-1)53-22-17-23-54(47-53)50-35-41-59(42-36-50)72(67-34-18-33-66-69(67)64-31-15-16-32-65(64)71(66,56-24-7-2-8-25-56)57-26-9-3-10-27-57)60-43-37-51(38-44-60)55-40-45-62-63-46-39-52-21-13-14-30-61(52)70(63)73(68(62)48-55)58-28-11-4-12-29-58/h1-48H. The molecular formula is C71H48N2. The zero-order chi connectivity index (χ0) is 48.3. The second kappa shape index (κ2) is 17.4. The van der Waals surface area contributed by atoms with Gasteiger partial charge in [0.1, 0.15) is 0 Å². The molecule has 12 aromatic carbocycles.